The summed E-state index contributed by atoms with van der Waals surface area (Å²) >= 11 is 0. The molecule has 27 heavy (non-hydrogen) atoms. The molecule has 0 atom stereocenters. The fourth-order valence-electron chi connectivity index (χ4n) is 3.08. The summed E-state index contributed by atoms with van der Waals surface area (Å²) < 4.78 is 39.3. The number of anilines is 2. The van der Waals surface area contributed by atoms with Gasteiger partial charge in [0.15, 0.2) is 0 Å². The number of benzene rings is 1. The van der Waals surface area contributed by atoms with Crippen LogP contribution in [0.15, 0.2) is 42.7 Å². The number of aromatic nitrogens is 1. The Kier molecular flexibility index (Phi) is 5.65. The van der Waals surface area contributed by atoms with Gasteiger partial charge in [0, 0.05) is 32.4 Å². The van der Waals surface area contributed by atoms with Crippen molar-refractivity contribution in [3.8, 4) is 0 Å². The van der Waals surface area contributed by atoms with Crippen molar-refractivity contribution in [1.29, 1.82) is 0 Å². The zero-order valence-corrected chi connectivity index (χ0v) is 15.0. The lowest BCUT2D eigenvalue weighted by atomic mass is 10.1. The first-order chi connectivity index (χ1) is 12.9. The number of hydrogen-bond donors (Lipinski definition) is 1. The minimum absolute atomic E-state index is 0.224. The van der Waals surface area contributed by atoms with Crippen LogP contribution in [0, 0.1) is 0 Å². The second kappa shape index (κ2) is 7.96. The molecule has 5 nitrogen and oxygen atoms in total. The van der Waals surface area contributed by atoms with Crippen LogP contribution in [0.25, 0.3) is 0 Å². The number of nitrogens with zero attached hydrogens (tertiary/aromatic N) is 3. The van der Waals surface area contributed by atoms with Gasteiger partial charge >= 0.3 is 6.18 Å². The van der Waals surface area contributed by atoms with Gasteiger partial charge in [-0.2, -0.15) is 13.2 Å². The van der Waals surface area contributed by atoms with E-state index in [0.717, 1.165) is 44.5 Å². The smallest absolute Gasteiger partial charge is 0.368 e. The molecule has 0 bridgehead atoms. The number of alkyl halides is 3. The average Bonchev–Trinajstić information content (AvgIpc) is 2.68. The van der Waals surface area contributed by atoms with Crippen LogP contribution in [0.4, 0.5) is 24.5 Å². The highest BCUT2D eigenvalue weighted by molar-refractivity contribution is 6.05. The number of halogens is 3. The first-order valence-corrected chi connectivity index (χ1v) is 8.78. The number of para-hydroxylation sites is 1. The molecule has 1 amide bonds. The van der Waals surface area contributed by atoms with Crippen molar-refractivity contribution in [1.82, 2.24) is 9.88 Å². The highest BCUT2D eigenvalue weighted by atomic mass is 19.4. The number of hydrogen-bond acceptors (Lipinski definition) is 4. The molecule has 2 aromatic rings. The van der Waals surface area contributed by atoms with Crippen molar-refractivity contribution >= 4 is 17.3 Å². The zero-order chi connectivity index (χ0) is 19.4. The van der Waals surface area contributed by atoms with Gasteiger partial charge in [-0.1, -0.05) is 19.1 Å². The number of carbonyl (C=O) groups is 1. The molecular formula is C19H21F3N4O. The van der Waals surface area contributed by atoms with Gasteiger partial charge in [-0.05, 0) is 24.7 Å². The Hall–Kier alpha value is -2.61. The van der Waals surface area contributed by atoms with E-state index in [0.29, 0.717) is 0 Å². The van der Waals surface area contributed by atoms with Gasteiger partial charge in [0.1, 0.15) is 0 Å². The fraction of sp³-hybridized carbons (Fsp3) is 0.368. The number of pyridine rings is 1. The minimum Gasteiger partial charge on any atom is -0.368 e. The van der Waals surface area contributed by atoms with E-state index >= 15 is 0 Å². The molecule has 0 unspecified atom stereocenters. The van der Waals surface area contributed by atoms with Crippen LogP contribution < -0.4 is 10.2 Å². The third-order valence-electron chi connectivity index (χ3n) is 4.65. The van der Waals surface area contributed by atoms with Crippen molar-refractivity contribution in [3.05, 3.63) is 53.9 Å². The number of amides is 1. The Balaban J connectivity index is 1.75. The molecule has 0 aliphatic carbocycles. The van der Waals surface area contributed by atoms with Crippen LogP contribution in [-0.4, -0.2) is 48.5 Å². The van der Waals surface area contributed by atoms with Gasteiger partial charge in [-0.15, -0.1) is 0 Å². The van der Waals surface area contributed by atoms with Crippen LogP contribution in [0.1, 0.15) is 22.8 Å². The molecule has 1 aromatic heterocycles. The largest absolute Gasteiger partial charge is 0.418 e. The fourth-order valence-corrected chi connectivity index (χ4v) is 3.08. The van der Waals surface area contributed by atoms with Crippen LogP contribution >= 0.6 is 0 Å². The Bertz CT molecular complexity index is 802. The maximum atomic E-state index is 13.1. The number of carbonyl (C=O) groups excluding carboxylic acids is 1. The van der Waals surface area contributed by atoms with Crippen molar-refractivity contribution in [2.75, 3.05) is 42.9 Å². The van der Waals surface area contributed by atoms with Gasteiger partial charge in [0.2, 0.25) is 0 Å². The van der Waals surface area contributed by atoms with E-state index in [1.165, 1.54) is 24.4 Å². The molecule has 0 radical (unpaired) electrons. The molecule has 1 fully saturated rings. The predicted molar refractivity (Wildman–Crippen MR) is 98.0 cm³/mol. The van der Waals surface area contributed by atoms with Crippen LogP contribution in [0.3, 0.4) is 0 Å². The Morgan fingerprint density at radius 3 is 2.52 bits per heavy atom. The lowest BCUT2D eigenvalue weighted by Gasteiger charge is -2.35. The molecule has 0 saturated carbocycles. The predicted octanol–water partition coefficient (Wildman–Crippen LogP) is 3.49. The molecule has 8 heteroatoms. The number of piperazine rings is 1. The third-order valence-corrected chi connectivity index (χ3v) is 4.65. The molecule has 1 N–H and O–H groups in total. The summed E-state index contributed by atoms with van der Waals surface area (Å²) in [6.07, 6.45) is -1.51. The van der Waals surface area contributed by atoms with E-state index in [9.17, 15) is 18.0 Å². The lowest BCUT2D eigenvalue weighted by Crippen LogP contribution is -2.46. The van der Waals surface area contributed by atoms with E-state index in [2.05, 4.69) is 27.0 Å². The molecule has 1 aliphatic heterocycles. The molecule has 1 aliphatic rings. The monoisotopic (exact) mass is 378 g/mol. The van der Waals surface area contributed by atoms with Crippen molar-refractivity contribution in [3.63, 3.8) is 0 Å². The minimum atomic E-state index is -4.54. The van der Waals surface area contributed by atoms with Gasteiger partial charge in [-0.25, -0.2) is 0 Å². The average molecular weight is 378 g/mol. The summed E-state index contributed by atoms with van der Waals surface area (Å²) in [5.41, 5.74) is -0.125. The normalized spacial score (nSPS) is 15.6. The van der Waals surface area contributed by atoms with E-state index in [4.69, 9.17) is 0 Å². The van der Waals surface area contributed by atoms with Crippen LogP contribution in [-0.2, 0) is 6.18 Å². The van der Waals surface area contributed by atoms with Crippen molar-refractivity contribution in [2.24, 2.45) is 0 Å². The molecule has 0 spiro atoms. The molecule has 1 saturated heterocycles. The summed E-state index contributed by atoms with van der Waals surface area (Å²) in [5, 5.41) is 2.35. The first kappa shape index (κ1) is 19.2. The molecule has 144 valence electrons. The SMILES string of the molecule is CCN1CCN(c2cncc(C(=O)Nc3ccccc3C(F)(F)F)c2)CC1. The van der Waals surface area contributed by atoms with E-state index in [1.54, 1.807) is 12.3 Å². The summed E-state index contributed by atoms with van der Waals surface area (Å²) in [7, 11) is 0. The summed E-state index contributed by atoms with van der Waals surface area (Å²) in [5.74, 6) is -0.617. The Morgan fingerprint density at radius 2 is 1.85 bits per heavy atom. The van der Waals surface area contributed by atoms with E-state index < -0.39 is 17.6 Å². The Labute approximate surface area is 155 Å². The molecular weight excluding hydrogens is 357 g/mol. The standard InChI is InChI=1S/C19H21F3N4O/c1-2-25-7-9-26(10-8-25)15-11-14(12-23-13-15)18(27)24-17-6-4-3-5-16(17)19(20,21)22/h3-6,11-13H,2,7-10H2,1H3,(H,24,27). The molecule has 3 rings (SSSR count). The zero-order valence-electron chi connectivity index (χ0n) is 15.0. The van der Waals surface area contributed by atoms with E-state index in [-0.39, 0.29) is 11.3 Å². The summed E-state index contributed by atoms with van der Waals surface area (Å²) in [6.45, 7) is 6.58. The second-order valence-electron chi connectivity index (χ2n) is 6.35. The summed E-state index contributed by atoms with van der Waals surface area (Å²) in [4.78, 5) is 21.0. The highest BCUT2D eigenvalue weighted by Gasteiger charge is 2.33. The third kappa shape index (κ3) is 4.57. The molecule has 1 aromatic carbocycles. The van der Waals surface area contributed by atoms with E-state index in [1.807, 2.05) is 0 Å². The van der Waals surface area contributed by atoms with Crippen molar-refractivity contribution < 1.29 is 18.0 Å². The van der Waals surface area contributed by atoms with Crippen LogP contribution in [0.5, 0.6) is 0 Å². The van der Waals surface area contributed by atoms with Gasteiger partial charge in [0.05, 0.1) is 28.7 Å². The van der Waals surface area contributed by atoms with Gasteiger partial charge < -0.3 is 15.1 Å². The van der Waals surface area contributed by atoms with Crippen LogP contribution in [0.2, 0.25) is 0 Å². The lowest BCUT2D eigenvalue weighted by molar-refractivity contribution is -0.136. The quantitative estimate of drug-likeness (QED) is 0.885. The van der Waals surface area contributed by atoms with Crippen molar-refractivity contribution in [2.45, 2.75) is 13.1 Å². The molecule has 2 heterocycles. The van der Waals surface area contributed by atoms with Gasteiger partial charge in [0.25, 0.3) is 5.91 Å². The first-order valence-electron chi connectivity index (χ1n) is 8.78. The summed E-state index contributed by atoms with van der Waals surface area (Å²) in [6, 6.07) is 6.59. The maximum Gasteiger partial charge on any atom is 0.418 e. The number of likely N-dealkylation sites (N-methyl/N-ethyl adjacent to an activating group) is 1. The number of nitrogens with one attached hydrogen (secondary N) is 1. The number of rotatable bonds is 4. The Morgan fingerprint density at radius 1 is 1.15 bits per heavy atom. The highest BCUT2D eigenvalue weighted by Crippen LogP contribution is 2.34. The maximum absolute atomic E-state index is 13.1. The van der Waals surface area contributed by atoms with Gasteiger partial charge in [-0.3, -0.25) is 9.78 Å². The topological polar surface area (TPSA) is 48.5 Å². The second-order valence-corrected chi connectivity index (χ2v) is 6.35.